The van der Waals surface area contributed by atoms with Gasteiger partial charge in [0.2, 0.25) is 0 Å². The SMILES string of the molecule is CC(NC(=O)NC1CCCOc2ccccc21)c1ccc(F)c(F)c1. The smallest absolute Gasteiger partial charge is 0.315 e. The first-order valence-electron chi connectivity index (χ1n) is 8.28. The number of hydrogen-bond acceptors (Lipinski definition) is 2. The highest BCUT2D eigenvalue weighted by Gasteiger charge is 2.22. The van der Waals surface area contributed by atoms with Crippen molar-refractivity contribution in [1.82, 2.24) is 10.6 Å². The maximum atomic E-state index is 13.3. The van der Waals surface area contributed by atoms with Gasteiger partial charge in [0.1, 0.15) is 5.75 Å². The van der Waals surface area contributed by atoms with E-state index in [0.717, 1.165) is 36.3 Å². The van der Waals surface area contributed by atoms with Gasteiger partial charge in [0.05, 0.1) is 18.7 Å². The minimum atomic E-state index is -0.929. The number of rotatable bonds is 3. The summed E-state index contributed by atoms with van der Waals surface area (Å²) in [6.45, 7) is 2.33. The predicted molar refractivity (Wildman–Crippen MR) is 90.4 cm³/mol. The van der Waals surface area contributed by atoms with Crippen LogP contribution >= 0.6 is 0 Å². The number of amides is 2. The Morgan fingerprint density at radius 1 is 1.20 bits per heavy atom. The number of carbonyl (C=O) groups excluding carboxylic acids is 1. The Hall–Kier alpha value is -2.63. The van der Waals surface area contributed by atoms with Crippen molar-refractivity contribution in [3.8, 4) is 5.75 Å². The number of fused-ring (bicyclic) bond motifs is 1. The second kappa shape index (κ2) is 7.51. The molecule has 0 radical (unpaired) electrons. The molecule has 1 heterocycles. The van der Waals surface area contributed by atoms with Crippen LogP contribution in [0.25, 0.3) is 0 Å². The monoisotopic (exact) mass is 346 g/mol. The van der Waals surface area contributed by atoms with Gasteiger partial charge in [-0.25, -0.2) is 13.6 Å². The highest BCUT2D eigenvalue weighted by atomic mass is 19.2. The van der Waals surface area contributed by atoms with Crippen molar-refractivity contribution in [3.63, 3.8) is 0 Å². The van der Waals surface area contributed by atoms with Crippen LogP contribution in [0.2, 0.25) is 0 Å². The molecule has 0 saturated heterocycles. The average molecular weight is 346 g/mol. The van der Waals surface area contributed by atoms with Crippen LogP contribution in [0.3, 0.4) is 0 Å². The molecule has 0 bridgehead atoms. The molecule has 2 aromatic rings. The number of ether oxygens (including phenoxy) is 1. The van der Waals surface area contributed by atoms with Crippen LogP contribution in [0.15, 0.2) is 42.5 Å². The summed E-state index contributed by atoms with van der Waals surface area (Å²) in [7, 11) is 0. The molecule has 132 valence electrons. The number of urea groups is 1. The van der Waals surface area contributed by atoms with Crippen LogP contribution in [0, 0.1) is 11.6 Å². The van der Waals surface area contributed by atoms with Crippen molar-refractivity contribution in [2.45, 2.75) is 31.8 Å². The van der Waals surface area contributed by atoms with Gasteiger partial charge in [-0.15, -0.1) is 0 Å². The van der Waals surface area contributed by atoms with Crippen LogP contribution in [0.5, 0.6) is 5.75 Å². The molecule has 0 aliphatic carbocycles. The van der Waals surface area contributed by atoms with E-state index in [-0.39, 0.29) is 12.1 Å². The van der Waals surface area contributed by atoms with Gasteiger partial charge in [0, 0.05) is 5.56 Å². The first-order valence-corrected chi connectivity index (χ1v) is 8.28. The minimum absolute atomic E-state index is 0.157. The Morgan fingerprint density at radius 3 is 2.80 bits per heavy atom. The van der Waals surface area contributed by atoms with Gasteiger partial charge in [0.15, 0.2) is 11.6 Å². The van der Waals surface area contributed by atoms with Crippen molar-refractivity contribution >= 4 is 6.03 Å². The van der Waals surface area contributed by atoms with Crippen molar-refractivity contribution < 1.29 is 18.3 Å². The van der Waals surface area contributed by atoms with Crippen LogP contribution in [-0.4, -0.2) is 12.6 Å². The molecular formula is C19H20F2N2O2. The molecule has 0 fully saturated rings. The average Bonchev–Trinajstić information content (AvgIpc) is 2.80. The van der Waals surface area contributed by atoms with Crippen molar-refractivity contribution in [2.75, 3.05) is 6.61 Å². The first kappa shape index (κ1) is 17.2. The van der Waals surface area contributed by atoms with Gasteiger partial charge >= 0.3 is 6.03 Å². The lowest BCUT2D eigenvalue weighted by atomic mass is 10.0. The summed E-state index contributed by atoms with van der Waals surface area (Å²) in [5.41, 5.74) is 1.44. The molecule has 1 aliphatic rings. The third-order valence-corrected chi connectivity index (χ3v) is 4.29. The number of hydrogen-bond donors (Lipinski definition) is 2. The van der Waals surface area contributed by atoms with Gasteiger partial charge < -0.3 is 15.4 Å². The zero-order valence-electron chi connectivity index (χ0n) is 13.9. The molecule has 2 atom stereocenters. The fraction of sp³-hybridized carbons (Fsp3) is 0.316. The van der Waals surface area contributed by atoms with E-state index in [9.17, 15) is 13.6 Å². The highest BCUT2D eigenvalue weighted by molar-refractivity contribution is 5.75. The second-order valence-corrected chi connectivity index (χ2v) is 6.09. The first-order chi connectivity index (χ1) is 12.0. The molecule has 6 heteroatoms. The lowest BCUT2D eigenvalue weighted by Crippen LogP contribution is -2.39. The van der Waals surface area contributed by atoms with Crippen molar-refractivity contribution in [3.05, 3.63) is 65.2 Å². The molecule has 0 saturated carbocycles. The standard InChI is InChI=1S/C19H20F2N2O2/c1-12(13-8-9-15(20)16(21)11-13)22-19(24)23-17-6-4-10-25-18-7-3-2-5-14(17)18/h2-3,5,7-9,11-12,17H,4,6,10H2,1H3,(H2,22,23,24). The molecule has 4 nitrogen and oxygen atoms in total. The van der Waals surface area contributed by atoms with Gasteiger partial charge in [-0.1, -0.05) is 24.3 Å². The maximum absolute atomic E-state index is 13.3. The Labute approximate surface area is 145 Å². The van der Waals surface area contributed by atoms with Gasteiger partial charge in [-0.2, -0.15) is 0 Å². The molecule has 2 unspecified atom stereocenters. The fourth-order valence-electron chi connectivity index (χ4n) is 2.94. The number of carbonyl (C=O) groups is 1. The van der Waals surface area contributed by atoms with Crippen LogP contribution in [0.1, 0.15) is 43.0 Å². The predicted octanol–water partition coefficient (Wildman–Crippen LogP) is 4.24. The summed E-state index contributed by atoms with van der Waals surface area (Å²) < 4.78 is 32.1. The van der Waals surface area contributed by atoms with E-state index in [1.54, 1.807) is 6.92 Å². The molecule has 2 N–H and O–H groups in total. The summed E-state index contributed by atoms with van der Waals surface area (Å²) in [6.07, 6.45) is 1.60. The quantitative estimate of drug-likeness (QED) is 0.873. The Bertz CT molecular complexity index is 767. The molecule has 0 aromatic heterocycles. The van der Waals surface area contributed by atoms with Crippen molar-refractivity contribution in [2.24, 2.45) is 0 Å². The normalized spacial score (nSPS) is 17.6. The van der Waals surface area contributed by atoms with E-state index >= 15 is 0 Å². The molecule has 2 aromatic carbocycles. The Morgan fingerprint density at radius 2 is 2.00 bits per heavy atom. The minimum Gasteiger partial charge on any atom is -0.493 e. The summed E-state index contributed by atoms with van der Waals surface area (Å²) in [5, 5.41) is 5.71. The third kappa shape index (κ3) is 4.07. The number of para-hydroxylation sites is 1. The molecule has 2 amide bonds. The Kier molecular flexibility index (Phi) is 5.16. The molecule has 1 aliphatic heterocycles. The zero-order chi connectivity index (χ0) is 17.8. The Balaban J connectivity index is 1.67. The number of halogens is 2. The van der Waals surface area contributed by atoms with Crippen LogP contribution < -0.4 is 15.4 Å². The summed E-state index contributed by atoms with van der Waals surface area (Å²) >= 11 is 0. The van der Waals surface area contributed by atoms with E-state index in [0.29, 0.717) is 12.2 Å². The molecule has 0 spiro atoms. The van der Waals surface area contributed by atoms with E-state index < -0.39 is 17.7 Å². The van der Waals surface area contributed by atoms with Crippen LogP contribution in [-0.2, 0) is 0 Å². The molecular weight excluding hydrogens is 326 g/mol. The van der Waals surface area contributed by atoms with E-state index in [2.05, 4.69) is 10.6 Å². The molecule has 3 rings (SSSR count). The largest absolute Gasteiger partial charge is 0.493 e. The van der Waals surface area contributed by atoms with Crippen LogP contribution in [0.4, 0.5) is 13.6 Å². The van der Waals surface area contributed by atoms with Crippen molar-refractivity contribution in [1.29, 1.82) is 0 Å². The van der Waals surface area contributed by atoms with E-state index in [1.165, 1.54) is 6.07 Å². The lowest BCUT2D eigenvalue weighted by molar-refractivity contribution is 0.233. The highest BCUT2D eigenvalue weighted by Crippen LogP contribution is 2.31. The maximum Gasteiger partial charge on any atom is 0.315 e. The molecule has 25 heavy (non-hydrogen) atoms. The number of benzene rings is 2. The lowest BCUT2D eigenvalue weighted by Gasteiger charge is -2.21. The van der Waals surface area contributed by atoms with Gasteiger partial charge in [-0.3, -0.25) is 0 Å². The second-order valence-electron chi connectivity index (χ2n) is 6.09. The summed E-state index contributed by atoms with van der Waals surface area (Å²) in [5.74, 6) is -1.06. The third-order valence-electron chi connectivity index (χ3n) is 4.29. The fourth-order valence-corrected chi connectivity index (χ4v) is 2.94. The summed E-state index contributed by atoms with van der Waals surface area (Å²) in [4.78, 5) is 12.3. The zero-order valence-corrected chi connectivity index (χ0v) is 13.9. The topological polar surface area (TPSA) is 50.4 Å². The van der Waals surface area contributed by atoms with Gasteiger partial charge in [0.25, 0.3) is 0 Å². The van der Waals surface area contributed by atoms with Gasteiger partial charge in [-0.05, 0) is 43.5 Å². The summed E-state index contributed by atoms with van der Waals surface area (Å²) in [6, 6.07) is 10.3. The van der Waals surface area contributed by atoms with E-state index in [1.807, 2.05) is 24.3 Å². The number of nitrogens with one attached hydrogen (secondary N) is 2. The van der Waals surface area contributed by atoms with E-state index in [4.69, 9.17) is 4.74 Å².